The maximum absolute atomic E-state index is 13.5. The quantitative estimate of drug-likeness (QED) is 0.704. The molecule has 7 heteroatoms. The van der Waals surface area contributed by atoms with Gasteiger partial charge in [0, 0.05) is 36.8 Å². The van der Waals surface area contributed by atoms with E-state index in [1.54, 1.807) is 19.1 Å². The molecular formula is C25H29FN2O4. The average Bonchev–Trinajstić information content (AvgIpc) is 3.33. The highest BCUT2D eigenvalue weighted by atomic mass is 19.1. The minimum absolute atomic E-state index is 0.0495. The number of likely N-dealkylation sites (tertiary alicyclic amines) is 2. The van der Waals surface area contributed by atoms with Crippen molar-refractivity contribution in [1.29, 1.82) is 0 Å². The summed E-state index contributed by atoms with van der Waals surface area (Å²) >= 11 is 0. The van der Waals surface area contributed by atoms with E-state index in [1.807, 2.05) is 23.1 Å². The minimum atomic E-state index is -0.373. The van der Waals surface area contributed by atoms with Gasteiger partial charge in [-0.25, -0.2) is 4.39 Å². The topological polar surface area (TPSA) is 59.1 Å². The molecule has 2 aromatic carbocycles. The predicted octanol–water partition coefficient (Wildman–Crippen LogP) is 4.06. The molecule has 2 atom stereocenters. The standard InChI is InChI=1S/C25H29FN2O4/c1-31-20-11-12-21(23(15-20)32-2)22-6-4-14-28(22)25(30)18-5-3-13-27(16-18)24(29)17-7-9-19(26)10-8-17/h7-12,15,18,22H,3-6,13-14,16H2,1-2H3/t18-,22-/m1/s1. The number of methoxy groups -OCH3 is 2. The van der Waals surface area contributed by atoms with Gasteiger partial charge in [0.1, 0.15) is 17.3 Å². The summed E-state index contributed by atoms with van der Waals surface area (Å²) in [6, 6.07) is 11.2. The summed E-state index contributed by atoms with van der Waals surface area (Å²) in [6.07, 6.45) is 3.33. The number of ether oxygens (including phenoxy) is 2. The Morgan fingerprint density at radius 3 is 2.44 bits per heavy atom. The maximum atomic E-state index is 13.5. The number of carbonyl (C=O) groups excluding carboxylic acids is 2. The van der Waals surface area contributed by atoms with E-state index in [-0.39, 0.29) is 29.6 Å². The molecule has 0 N–H and O–H groups in total. The molecule has 2 heterocycles. The van der Waals surface area contributed by atoms with Gasteiger partial charge in [0.2, 0.25) is 5.91 Å². The largest absolute Gasteiger partial charge is 0.497 e. The van der Waals surface area contributed by atoms with E-state index in [0.29, 0.717) is 36.7 Å². The van der Waals surface area contributed by atoms with Gasteiger partial charge < -0.3 is 19.3 Å². The van der Waals surface area contributed by atoms with Crippen molar-refractivity contribution in [3.05, 3.63) is 59.4 Å². The van der Waals surface area contributed by atoms with Crippen LogP contribution in [0.3, 0.4) is 0 Å². The van der Waals surface area contributed by atoms with Gasteiger partial charge in [0.15, 0.2) is 0 Å². The third-order valence-corrected chi connectivity index (χ3v) is 6.48. The van der Waals surface area contributed by atoms with E-state index in [0.717, 1.165) is 31.2 Å². The molecule has 2 fully saturated rings. The smallest absolute Gasteiger partial charge is 0.253 e. The van der Waals surface area contributed by atoms with Gasteiger partial charge in [-0.3, -0.25) is 9.59 Å². The molecule has 0 aliphatic carbocycles. The minimum Gasteiger partial charge on any atom is -0.497 e. The van der Waals surface area contributed by atoms with Crippen molar-refractivity contribution < 1.29 is 23.5 Å². The number of halogens is 1. The SMILES string of the molecule is COc1ccc([C@H]2CCCN2C(=O)[C@@H]2CCCN(C(=O)c3ccc(F)cc3)C2)c(OC)c1. The van der Waals surface area contributed by atoms with Crippen LogP contribution in [0.2, 0.25) is 0 Å². The first-order chi connectivity index (χ1) is 15.5. The zero-order chi connectivity index (χ0) is 22.7. The second-order valence-corrected chi connectivity index (χ2v) is 8.39. The predicted molar refractivity (Wildman–Crippen MR) is 118 cm³/mol. The van der Waals surface area contributed by atoms with E-state index in [4.69, 9.17) is 9.47 Å². The van der Waals surface area contributed by atoms with Crippen LogP contribution in [0.5, 0.6) is 11.5 Å². The van der Waals surface area contributed by atoms with Gasteiger partial charge in [0.25, 0.3) is 5.91 Å². The first-order valence-corrected chi connectivity index (χ1v) is 11.1. The normalized spacial score (nSPS) is 20.8. The molecule has 0 spiro atoms. The maximum Gasteiger partial charge on any atom is 0.253 e. The summed E-state index contributed by atoms with van der Waals surface area (Å²) in [7, 11) is 3.24. The molecule has 2 aliphatic rings. The molecule has 32 heavy (non-hydrogen) atoms. The fourth-order valence-corrected chi connectivity index (χ4v) is 4.82. The Kier molecular flexibility index (Phi) is 6.63. The third kappa shape index (κ3) is 4.42. The number of hydrogen-bond donors (Lipinski definition) is 0. The van der Waals surface area contributed by atoms with Crippen LogP contribution < -0.4 is 9.47 Å². The Morgan fingerprint density at radius 1 is 0.969 bits per heavy atom. The van der Waals surface area contributed by atoms with Gasteiger partial charge in [-0.1, -0.05) is 0 Å². The highest BCUT2D eigenvalue weighted by molar-refractivity contribution is 5.94. The van der Waals surface area contributed by atoms with Crippen molar-refractivity contribution in [2.45, 2.75) is 31.7 Å². The molecule has 2 amide bonds. The average molecular weight is 441 g/mol. The number of piperidine rings is 1. The third-order valence-electron chi connectivity index (χ3n) is 6.48. The highest BCUT2D eigenvalue weighted by Gasteiger charge is 2.37. The van der Waals surface area contributed by atoms with Crippen molar-refractivity contribution >= 4 is 11.8 Å². The molecule has 6 nitrogen and oxygen atoms in total. The zero-order valence-corrected chi connectivity index (χ0v) is 18.6. The number of nitrogens with zero attached hydrogens (tertiary/aromatic N) is 2. The molecule has 0 unspecified atom stereocenters. The molecular weight excluding hydrogens is 411 g/mol. The Morgan fingerprint density at radius 2 is 1.72 bits per heavy atom. The first kappa shape index (κ1) is 22.1. The first-order valence-electron chi connectivity index (χ1n) is 11.1. The van der Waals surface area contributed by atoms with Crippen molar-refractivity contribution in [1.82, 2.24) is 9.80 Å². The van der Waals surface area contributed by atoms with Crippen LogP contribution in [0, 0.1) is 11.7 Å². The summed E-state index contributed by atoms with van der Waals surface area (Å²) < 4.78 is 24.1. The van der Waals surface area contributed by atoms with Crippen LogP contribution in [0.15, 0.2) is 42.5 Å². The van der Waals surface area contributed by atoms with Gasteiger partial charge in [-0.05, 0) is 62.1 Å². The Labute approximate surface area is 187 Å². The number of hydrogen-bond acceptors (Lipinski definition) is 4. The van der Waals surface area contributed by atoms with E-state index in [1.165, 1.54) is 24.3 Å². The number of carbonyl (C=O) groups is 2. The van der Waals surface area contributed by atoms with Crippen LogP contribution in [-0.4, -0.2) is 55.5 Å². The summed E-state index contributed by atoms with van der Waals surface area (Å²) in [6.45, 7) is 1.69. The van der Waals surface area contributed by atoms with Gasteiger partial charge in [-0.2, -0.15) is 0 Å². The Bertz CT molecular complexity index is 978. The van der Waals surface area contributed by atoms with E-state index < -0.39 is 0 Å². The van der Waals surface area contributed by atoms with Crippen molar-refractivity contribution in [3.8, 4) is 11.5 Å². The molecule has 170 valence electrons. The summed E-state index contributed by atoms with van der Waals surface area (Å²) in [5, 5.41) is 0. The lowest BCUT2D eigenvalue weighted by Gasteiger charge is -2.36. The van der Waals surface area contributed by atoms with Crippen LogP contribution >= 0.6 is 0 Å². The van der Waals surface area contributed by atoms with E-state index >= 15 is 0 Å². The second-order valence-electron chi connectivity index (χ2n) is 8.39. The molecule has 2 aliphatic heterocycles. The highest BCUT2D eigenvalue weighted by Crippen LogP contribution is 2.40. The number of benzene rings is 2. The molecule has 0 saturated carbocycles. The van der Waals surface area contributed by atoms with Crippen LogP contribution in [0.1, 0.15) is 47.6 Å². The van der Waals surface area contributed by atoms with Gasteiger partial charge >= 0.3 is 0 Å². The number of rotatable bonds is 5. The lowest BCUT2D eigenvalue weighted by atomic mass is 9.94. The molecule has 4 rings (SSSR count). The van der Waals surface area contributed by atoms with Crippen molar-refractivity contribution in [3.63, 3.8) is 0 Å². The van der Waals surface area contributed by atoms with Crippen LogP contribution in [0.4, 0.5) is 4.39 Å². The van der Waals surface area contributed by atoms with Crippen LogP contribution in [-0.2, 0) is 4.79 Å². The van der Waals surface area contributed by atoms with Gasteiger partial charge in [0.05, 0.1) is 26.2 Å². The molecule has 2 saturated heterocycles. The fourth-order valence-electron chi connectivity index (χ4n) is 4.82. The summed E-state index contributed by atoms with van der Waals surface area (Å²) in [5.41, 5.74) is 1.43. The molecule has 2 aromatic rings. The van der Waals surface area contributed by atoms with Crippen LogP contribution in [0.25, 0.3) is 0 Å². The Hall–Kier alpha value is -3.09. The lowest BCUT2D eigenvalue weighted by Crippen LogP contribution is -2.46. The second kappa shape index (κ2) is 9.59. The molecule has 0 aromatic heterocycles. The fraction of sp³-hybridized carbons (Fsp3) is 0.440. The zero-order valence-electron chi connectivity index (χ0n) is 18.6. The van der Waals surface area contributed by atoms with Gasteiger partial charge in [-0.15, -0.1) is 0 Å². The summed E-state index contributed by atoms with van der Waals surface area (Å²) in [5.74, 6) is 0.744. The summed E-state index contributed by atoms with van der Waals surface area (Å²) in [4.78, 5) is 30.1. The van der Waals surface area contributed by atoms with Crippen molar-refractivity contribution in [2.24, 2.45) is 5.92 Å². The monoisotopic (exact) mass is 440 g/mol. The lowest BCUT2D eigenvalue weighted by molar-refractivity contribution is -0.138. The molecule has 0 radical (unpaired) electrons. The molecule has 0 bridgehead atoms. The Balaban J connectivity index is 1.49. The van der Waals surface area contributed by atoms with Crippen molar-refractivity contribution in [2.75, 3.05) is 33.9 Å². The number of amides is 2. The van der Waals surface area contributed by atoms with E-state index in [9.17, 15) is 14.0 Å². The van der Waals surface area contributed by atoms with E-state index in [2.05, 4.69) is 0 Å².